The second kappa shape index (κ2) is 11.3. The predicted molar refractivity (Wildman–Crippen MR) is 135 cm³/mol. The number of hydrogen-bond donors (Lipinski definition) is 3. The summed E-state index contributed by atoms with van der Waals surface area (Å²) in [6.45, 7) is 5.87. The van der Waals surface area contributed by atoms with Crippen molar-refractivity contribution < 1.29 is 24.3 Å². The molecule has 0 atom stereocenters. The number of ether oxygens (including phenoxy) is 2. The fraction of sp³-hybridized carbons (Fsp3) is 0.375. The summed E-state index contributed by atoms with van der Waals surface area (Å²) in [5, 5.41) is 12.2. The van der Waals surface area contributed by atoms with Gasteiger partial charge in [0.25, 0.3) is 5.91 Å². The Bertz CT molecular complexity index is 1180. The normalized spacial score (nSPS) is 13.5. The third-order valence-corrected chi connectivity index (χ3v) is 6.74. The van der Waals surface area contributed by atoms with E-state index in [1.807, 2.05) is 19.1 Å². The topological polar surface area (TPSA) is 116 Å². The molecule has 1 aliphatic heterocycles. The smallest absolute Gasteiger partial charge is 0.323 e. The van der Waals surface area contributed by atoms with Crippen LogP contribution in [0.1, 0.15) is 29.3 Å². The number of fused-ring (bicyclic) bond motifs is 1. The number of aromatic nitrogens is 1. The molecule has 4 rings (SSSR count). The van der Waals surface area contributed by atoms with E-state index < -0.39 is 5.91 Å². The first-order valence-corrected chi connectivity index (χ1v) is 12.2. The summed E-state index contributed by atoms with van der Waals surface area (Å²) < 4.78 is 12.0. The van der Waals surface area contributed by atoms with Crippen LogP contribution in [0.25, 0.3) is 10.2 Å². The van der Waals surface area contributed by atoms with Gasteiger partial charge in [0, 0.05) is 31.7 Å². The third-order valence-electron chi connectivity index (χ3n) is 5.74. The quantitative estimate of drug-likeness (QED) is 0.320. The highest BCUT2D eigenvalue weighted by Crippen LogP contribution is 2.39. The van der Waals surface area contributed by atoms with Crippen molar-refractivity contribution in [3.05, 3.63) is 47.5 Å². The Kier molecular flexibility index (Phi) is 8.01. The van der Waals surface area contributed by atoms with Gasteiger partial charge in [-0.3, -0.25) is 15.3 Å². The molecule has 1 saturated heterocycles. The van der Waals surface area contributed by atoms with Gasteiger partial charge in [0.15, 0.2) is 5.13 Å². The molecule has 3 aromatic rings. The molecule has 35 heavy (non-hydrogen) atoms. The SMILES string of the molecule is CCCN(Cc1ccc(C(=O)NO)cc1)C(=O)Nc1nc2c(OC)ccc(N3CCOCC3)c2s1. The average molecular weight is 500 g/mol. The molecule has 3 N–H and O–H groups in total. The number of methoxy groups -OCH3 is 1. The van der Waals surface area contributed by atoms with Crippen LogP contribution >= 0.6 is 11.3 Å². The number of thiazole rings is 1. The maximum absolute atomic E-state index is 13.2. The minimum Gasteiger partial charge on any atom is -0.494 e. The highest BCUT2D eigenvalue weighted by Gasteiger charge is 2.21. The van der Waals surface area contributed by atoms with Gasteiger partial charge < -0.3 is 19.3 Å². The van der Waals surface area contributed by atoms with Crippen molar-refractivity contribution in [2.45, 2.75) is 19.9 Å². The maximum Gasteiger partial charge on any atom is 0.323 e. The van der Waals surface area contributed by atoms with Crippen molar-refractivity contribution in [2.75, 3.05) is 50.2 Å². The molecule has 1 fully saturated rings. The lowest BCUT2D eigenvalue weighted by Gasteiger charge is -2.29. The molecule has 0 radical (unpaired) electrons. The van der Waals surface area contributed by atoms with Gasteiger partial charge in [0.05, 0.1) is 30.7 Å². The summed E-state index contributed by atoms with van der Waals surface area (Å²) in [4.78, 5) is 33.4. The Morgan fingerprint density at radius 3 is 2.60 bits per heavy atom. The molecule has 0 bridgehead atoms. The molecule has 0 aliphatic carbocycles. The zero-order chi connectivity index (χ0) is 24.8. The zero-order valence-electron chi connectivity index (χ0n) is 19.7. The van der Waals surface area contributed by atoms with Crippen LogP contribution in [-0.2, 0) is 11.3 Å². The largest absolute Gasteiger partial charge is 0.494 e. The predicted octanol–water partition coefficient (Wildman–Crippen LogP) is 3.70. The lowest BCUT2D eigenvalue weighted by molar-refractivity contribution is 0.0706. The van der Waals surface area contributed by atoms with E-state index in [9.17, 15) is 9.59 Å². The summed E-state index contributed by atoms with van der Waals surface area (Å²) >= 11 is 1.42. The summed E-state index contributed by atoms with van der Waals surface area (Å²) in [7, 11) is 1.61. The number of amides is 3. The number of benzene rings is 2. The van der Waals surface area contributed by atoms with Gasteiger partial charge in [-0.2, -0.15) is 0 Å². The van der Waals surface area contributed by atoms with Gasteiger partial charge in [0.1, 0.15) is 11.3 Å². The van der Waals surface area contributed by atoms with Crippen molar-refractivity contribution in [2.24, 2.45) is 0 Å². The van der Waals surface area contributed by atoms with Crippen LogP contribution < -0.4 is 20.4 Å². The standard InChI is InChI=1S/C24H29N5O5S/c1-3-10-29(15-16-4-6-17(7-5-16)22(30)27-32)24(31)26-23-25-20-19(33-2)9-8-18(21(20)35-23)28-11-13-34-14-12-28/h4-9,32H,3,10-15H2,1-2H3,(H,27,30)(H,25,26,31). The van der Waals surface area contributed by atoms with Crippen LogP contribution in [0, 0.1) is 0 Å². The van der Waals surface area contributed by atoms with Crippen LogP contribution in [0.3, 0.4) is 0 Å². The van der Waals surface area contributed by atoms with Crippen molar-refractivity contribution in [1.82, 2.24) is 15.4 Å². The molecule has 11 heteroatoms. The molecule has 0 unspecified atom stereocenters. The first-order valence-electron chi connectivity index (χ1n) is 11.4. The van der Waals surface area contributed by atoms with Gasteiger partial charge in [0.2, 0.25) is 0 Å². The molecule has 186 valence electrons. The van der Waals surface area contributed by atoms with Crippen molar-refractivity contribution in [3.8, 4) is 5.75 Å². The van der Waals surface area contributed by atoms with E-state index >= 15 is 0 Å². The van der Waals surface area contributed by atoms with Crippen LogP contribution in [-0.4, -0.2) is 67.0 Å². The number of carbonyl (C=O) groups excluding carboxylic acids is 2. The average Bonchev–Trinajstić information content (AvgIpc) is 3.31. The summed E-state index contributed by atoms with van der Waals surface area (Å²) in [5.41, 5.74) is 4.59. The molecule has 2 aromatic carbocycles. The van der Waals surface area contributed by atoms with Gasteiger partial charge in [-0.25, -0.2) is 15.3 Å². The first-order chi connectivity index (χ1) is 17.0. The van der Waals surface area contributed by atoms with Gasteiger partial charge in [-0.1, -0.05) is 30.4 Å². The Morgan fingerprint density at radius 1 is 1.20 bits per heavy atom. The number of morpholine rings is 1. The molecule has 3 amide bonds. The number of hydrogen-bond acceptors (Lipinski definition) is 8. The second-order valence-electron chi connectivity index (χ2n) is 8.07. The second-order valence-corrected chi connectivity index (χ2v) is 9.07. The van der Waals surface area contributed by atoms with Crippen molar-refractivity contribution in [1.29, 1.82) is 0 Å². The Balaban J connectivity index is 1.54. The molecule has 2 heterocycles. The molecule has 10 nitrogen and oxygen atoms in total. The lowest BCUT2D eigenvalue weighted by atomic mass is 10.1. The Hall–Kier alpha value is -3.41. The van der Waals surface area contributed by atoms with E-state index in [2.05, 4.69) is 15.2 Å². The van der Waals surface area contributed by atoms with E-state index in [1.165, 1.54) is 11.3 Å². The Morgan fingerprint density at radius 2 is 1.94 bits per heavy atom. The highest BCUT2D eigenvalue weighted by atomic mass is 32.1. The number of rotatable bonds is 8. The summed E-state index contributed by atoms with van der Waals surface area (Å²) in [6, 6.07) is 10.4. The van der Waals surface area contributed by atoms with Crippen molar-refractivity contribution >= 4 is 44.3 Å². The molecule has 0 spiro atoms. The number of carbonyl (C=O) groups is 2. The molecule has 0 saturated carbocycles. The fourth-order valence-corrected chi connectivity index (χ4v) is 4.99. The number of anilines is 2. The van der Waals surface area contributed by atoms with Crippen LogP contribution in [0.15, 0.2) is 36.4 Å². The van der Waals surface area contributed by atoms with Crippen LogP contribution in [0.5, 0.6) is 5.75 Å². The summed E-state index contributed by atoms with van der Waals surface area (Å²) in [5.74, 6) is 0.0774. The maximum atomic E-state index is 13.2. The van der Waals surface area contributed by atoms with Crippen LogP contribution in [0.2, 0.25) is 0 Å². The Labute approximate surface area is 207 Å². The minimum absolute atomic E-state index is 0.255. The lowest BCUT2D eigenvalue weighted by Crippen LogP contribution is -2.36. The molecule has 1 aliphatic rings. The zero-order valence-corrected chi connectivity index (χ0v) is 20.6. The highest BCUT2D eigenvalue weighted by molar-refractivity contribution is 7.23. The fourth-order valence-electron chi connectivity index (χ4n) is 3.98. The van der Waals surface area contributed by atoms with E-state index in [-0.39, 0.29) is 6.03 Å². The van der Waals surface area contributed by atoms with E-state index in [4.69, 9.17) is 14.7 Å². The molecular formula is C24H29N5O5S. The number of nitrogens with one attached hydrogen (secondary N) is 2. The first kappa shape index (κ1) is 24.7. The van der Waals surface area contributed by atoms with Crippen molar-refractivity contribution in [3.63, 3.8) is 0 Å². The number of hydroxylamine groups is 1. The minimum atomic E-state index is -0.581. The van der Waals surface area contributed by atoms with E-state index in [1.54, 1.807) is 41.8 Å². The van der Waals surface area contributed by atoms with E-state index in [0.717, 1.165) is 41.0 Å². The van der Waals surface area contributed by atoms with E-state index in [0.29, 0.717) is 42.7 Å². The monoisotopic (exact) mass is 499 g/mol. The summed E-state index contributed by atoms with van der Waals surface area (Å²) in [6.07, 6.45) is 0.785. The molecular weight excluding hydrogens is 470 g/mol. The number of urea groups is 1. The van der Waals surface area contributed by atoms with Gasteiger partial charge >= 0.3 is 6.03 Å². The van der Waals surface area contributed by atoms with Gasteiger partial charge in [-0.15, -0.1) is 0 Å². The van der Waals surface area contributed by atoms with Gasteiger partial charge in [-0.05, 0) is 36.2 Å². The third kappa shape index (κ3) is 5.64. The van der Waals surface area contributed by atoms with Crippen LogP contribution in [0.4, 0.5) is 15.6 Å². The number of nitrogens with zero attached hydrogens (tertiary/aromatic N) is 3. The molecule has 1 aromatic heterocycles.